The fourth-order valence-electron chi connectivity index (χ4n) is 3.91. The average Bonchev–Trinajstić information content (AvgIpc) is 3.27. The number of rotatable bonds is 7. The largest absolute Gasteiger partial charge is 0.361 e. The minimum Gasteiger partial charge on any atom is -0.361 e. The zero-order valence-electron chi connectivity index (χ0n) is 20.8. The van der Waals surface area contributed by atoms with E-state index in [0.29, 0.717) is 29.7 Å². The van der Waals surface area contributed by atoms with Crippen molar-refractivity contribution >= 4 is 40.1 Å². The zero-order chi connectivity index (χ0) is 25.5. The van der Waals surface area contributed by atoms with Gasteiger partial charge in [0.15, 0.2) is 0 Å². The number of aliphatic imine (C=N–C) groups is 1. The lowest BCUT2D eigenvalue weighted by Gasteiger charge is -2.13. The van der Waals surface area contributed by atoms with E-state index in [0.717, 1.165) is 17.6 Å². The number of carbonyl (C=O) groups excluding carboxylic acids is 2. The number of aromatic nitrogens is 1. The maximum atomic E-state index is 13.0. The number of nitrogens with one attached hydrogen (secondary N) is 4. The summed E-state index contributed by atoms with van der Waals surface area (Å²) in [5.74, 6) is 0.359. The van der Waals surface area contributed by atoms with Gasteiger partial charge in [-0.2, -0.15) is 0 Å². The fraction of sp³-hybridized carbons (Fsp3) is 0.207. The molecule has 0 unspecified atom stereocenters. The summed E-state index contributed by atoms with van der Waals surface area (Å²) in [7, 11) is 0. The van der Waals surface area contributed by atoms with Crippen molar-refractivity contribution in [3.8, 4) is 0 Å². The van der Waals surface area contributed by atoms with Gasteiger partial charge in [-0.15, -0.1) is 0 Å². The highest BCUT2D eigenvalue weighted by Gasteiger charge is 2.11. The van der Waals surface area contributed by atoms with Gasteiger partial charge in [-0.05, 0) is 65.9 Å². The van der Waals surface area contributed by atoms with Gasteiger partial charge < -0.3 is 15.6 Å². The Morgan fingerprint density at radius 2 is 1.56 bits per heavy atom. The van der Waals surface area contributed by atoms with Crippen LogP contribution in [-0.4, -0.2) is 29.3 Å². The highest BCUT2D eigenvalue weighted by molar-refractivity contribution is 6.10. The Morgan fingerprint density at radius 1 is 0.889 bits per heavy atom. The van der Waals surface area contributed by atoms with Crippen LogP contribution in [0.4, 0.5) is 11.4 Å². The second kappa shape index (κ2) is 11.4. The third kappa shape index (κ3) is 6.39. The molecule has 0 radical (unpaired) electrons. The molecule has 3 aromatic carbocycles. The number of para-hydroxylation sites is 1. The standard InChI is InChI=1S/C29H31N5O2/c1-19(2)21-8-12-25(13-9-21)33-29(30-17-16-23-18-31-27-7-5-4-6-26(23)27)34-28(36)22-10-14-24(15-11-22)32-20(3)35/h4-15,18-19,31H,16-17H2,1-3H3,(H,32,35)(H2,30,33,34,36). The van der Waals surface area contributed by atoms with Crippen molar-refractivity contribution in [2.24, 2.45) is 4.99 Å². The van der Waals surface area contributed by atoms with Gasteiger partial charge in [0.2, 0.25) is 11.9 Å². The molecule has 4 rings (SSSR count). The lowest BCUT2D eigenvalue weighted by molar-refractivity contribution is -0.114. The molecule has 0 aliphatic carbocycles. The van der Waals surface area contributed by atoms with E-state index in [9.17, 15) is 9.59 Å². The molecule has 7 heteroatoms. The van der Waals surface area contributed by atoms with Gasteiger partial charge in [0, 0.05) is 47.5 Å². The number of anilines is 2. The van der Waals surface area contributed by atoms with Crippen LogP contribution in [0.3, 0.4) is 0 Å². The summed E-state index contributed by atoms with van der Waals surface area (Å²) in [5.41, 5.74) is 5.44. The number of aromatic amines is 1. The van der Waals surface area contributed by atoms with E-state index in [1.165, 1.54) is 23.4 Å². The molecule has 0 aliphatic heterocycles. The predicted molar refractivity (Wildman–Crippen MR) is 147 cm³/mol. The Balaban J connectivity index is 1.50. The maximum Gasteiger partial charge on any atom is 0.257 e. The lowest BCUT2D eigenvalue weighted by atomic mass is 10.0. The van der Waals surface area contributed by atoms with Crippen LogP contribution in [0.15, 0.2) is 84.0 Å². The van der Waals surface area contributed by atoms with Crippen LogP contribution in [0.1, 0.15) is 48.2 Å². The topological polar surface area (TPSA) is 98.4 Å². The minimum atomic E-state index is -0.290. The van der Waals surface area contributed by atoms with Crippen molar-refractivity contribution in [2.75, 3.05) is 17.2 Å². The molecule has 4 aromatic rings. The molecule has 1 heterocycles. The molecule has 0 spiro atoms. The highest BCUT2D eigenvalue weighted by atomic mass is 16.2. The summed E-state index contributed by atoms with van der Waals surface area (Å²) in [5, 5.41) is 10.0. The molecule has 4 N–H and O–H groups in total. The van der Waals surface area contributed by atoms with Crippen molar-refractivity contribution in [2.45, 2.75) is 33.1 Å². The van der Waals surface area contributed by atoms with Crippen LogP contribution >= 0.6 is 0 Å². The number of carbonyl (C=O) groups is 2. The van der Waals surface area contributed by atoms with Gasteiger partial charge in [0.25, 0.3) is 5.91 Å². The zero-order valence-corrected chi connectivity index (χ0v) is 20.8. The third-order valence-electron chi connectivity index (χ3n) is 5.87. The Hall–Kier alpha value is -4.39. The van der Waals surface area contributed by atoms with Gasteiger partial charge in [0.1, 0.15) is 0 Å². The number of hydrogen-bond acceptors (Lipinski definition) is 3. The monoisotopic (exact) mass is 481 g/mol. The molecule has 2 amide bonds. The molecule has 184 valence electrons. The summed E-state index contributed by atoms with van der Waals surface area (Å²) in [6.07, 6.45) is 2.73. The van der Waals surface area contributed by atoms with Crippen LogP contribution in [0.25, 0.3) is 10.9 Å². The first-order valence-electron chi connectivity index (χ1n) is 12.0. The predicted octanol–water partition coefficient (Wildman–Crippen LogP) is 5.69. The molecule has 36 heavy (non-hydrogen) atoms. The molecule has 0 atom stereocenters. The number of nitrogens with zero attached hydrogens (tertiary/aromatic N) is 1. The number of guanidine groups is 1. The molecule has 0 saturated heterocycles. The van der Waals surface area contributed by atoms with Crippen LogP contribution in [-0.2, 0) is 11.2 Å². The molecule has 7 nitrogen and oxygen atoms in total. The van der Waals surface area contributed by atoms with Gasteiger partial charge >= 0.3 is 0 Å². The first-order chi connectivity index (χ1) is 17.4. The molecule has 1 aromatic heterocycles. The summed E-state index contributed by atoms with van der Waals surface area (Å²) >= 11 is 0. The average molecular weight is 482 g/mol. The van der Waals surface area contributed by atoms with Crippen molar-refractivity contribution in [1.29, 1.82) is 0 Å². The molecular formula is C29H31N5O2. The fourth-order valence-corrected chi connectivity index (χ4v) is 3.91. The van der Waals surface area contributed by atoms with E-state index >= 15 is 0 Å². The number of amides is 2. The van der Waals surface area contributed by atoms with Crippen LogP contribution < -0.4 is 16.0 Å². The smallest absolute Gasteiger partial charge is 0.257 e. The van der Waals surface area contributed by atoms with Gasteiger partial charge in [-0.3, -0.25) is 19.9 Å². The first kappa shape index (κ1) is 24.7. The third-order valence-corrected chi connectivity index (χ3v) is 5.87. The van der Waals surface area contributed by atoms with Crippen LogP contribution in [0, 0.1) is 0 Å². The molecule has 0 saturated carbocycles. The number of hydrogen-bond donors (Lipinski definition) is 4. The van der Waals surface area contributed by atoms with Crippen LogP contribution in [0.2, 0.25) is 0 Å². The minimum absolute atomic E-state index is 0.162. The van der Waals surface area contributed by atoms with Crippen LogP contribution in [0.5, 0.6) is 0 Å². The number of H-pyrrole nitrogens is 1. The second-order valence-corrected chi connectivity index (χ2v) is 8.95. The van der Waals surface area contributed by atoms with Crippen molar-refractivity contribution < 1.29 is 9.59 Å². The second-order valence-electron chi connectivity index (χ2n) is 8.95. The van der Waals surface area contributed by atoms with E-state index in [2.05, 4.69) is 58.0 Å². The summed E-state index contributed by atoms with van der Waals surface area (Å²) in [4.78, 5) is 32.2. The van der Waals surface area contributed by atoms with E-state index in [1.807, 2.05) is 36.5 Å². The van der Waals surface area contributed by atoms with E-state index in [-0.39, 0.29) is 11.8 Å². The summed E-state index contributed by atoms with van der Waals surface area (Å²) in [6.45, 7) is 6.24. The Labute approximate surface area is 211 Å². The number of benzene rings is 3. The summed E-state index contributed by atoms with van der Waals surface area (Å²) < 4.78 is 0. The Morgan fingerprint density at radius 3 is 2.25 bits per heavy atom. The Bertz CT molecular complexity index is 1370. The van der Waals surface area contributed by atoms with Crippen molar-refractivity contribution in [3.63, 3.8) is 0 Å². The van der Waals surface area contributed by atoms with Crippen molar-refractivity contribution in [3.05, 3.63) is 95.7 Å². The molecular weight excluding hydrogens is 450 g/mol. The van der Waals surface area contributed by atoms with Gasteiger partial charge in [0.05, 0.1) is 0 Å². The SMILES string of the molecule is CC(=O)Nc1ccc(C(=O)NC(=NCCc2c[nH]c3ccccc23)Nc2ccc(C(C)C)cc2)cc1. The highest BCUT2D eigenvalue weighted by Crippen LogP contribution is 2.19. The number of fused-ring (bicyclic) bond motifs is 1. The first-order valence-corrected chi connectivity index (χ1v) is 12.0. The van der Waals surface area contributed by atoms with E-state index in [1.54, 1.807) is 24.3 Å². The quantitative estimate of drug-likeness (QED) is 0.202. The van der Waals surface area contributed by atoms with Gasteiger partial charge in [-0.25, -0.2) is 0 Å². The van der Waals surface area contributed by atoms with Gasteiger partial charge in [-0.1, -0.05) is 44.2 Å². The van der Waals surface area contributed by atoms with E-state index < -0.39 is 0 Å². The normalized spacial score (nSPS) is 11.5. The maximum absolute atomic E-state index is 13.0. The Kier molecular flexibility index (Phi) is 7.80. The van der Waals surface area contributed by atoms with Crippen molar-refractivity contribution in [1.82, 2.24) is 10.3 Å². The molecule has 0 aliphatic rings. The van der Waals surface area contributed by atoms with E-state index in [4.69, 9.17) is 0 Å². The lowest BCUT2D eigenvalue weighted by Crippen LogP contribution is -2.36. The summed E-state index contributed by atoms with van der Waals surface area (Å²) in [6, 6.07) is 23.0. The molecule has 0 fully saturated rings. The molecule has 0 bridgehead atoms.